The van der Waals surface area contributed by atoms with E-state index in [-0.39, 0.29) is 24.0 Å². The Morgan fingerprint density at radius 2 is 2.17 bits per heavy atom. The molecule has 2 aliphatic carbocycles. The number of hydrogen-bond acceptors (Lipinski definition) is 3. The Morgan fingerprint density at radius 3 is 2.75 bits per heavy atom. The monoisotopic (exact) mass is 446 g/mol. The molecule has 136 valence electrons. The molecule has 0 saturated heterocycles. The van der Waals surface area contributed by atoms with Gasteiger partial charge in [0.05, 0.1) is 12.2 Å². The van der Waals surface area contributed by atoms with Crippen LogP contribution >= 0.6 is 24.0 Å². The first-order valence-corrected chi connectivity index (χ1v) is 9.05. The summed E-state index contributed by atoms with van der Waals surface area (Å²) in [4.78, 5) is 4.29. The Balaban J connectivity index is 0.00000208. The minimum atomic E-state index is 0. The molecule has 6 heteroatoms. The zero-order valence-electron chi connectivity index (χ0n) is 15.0. The second-order valence-electron chi connectivity index (χ2n) is 7.45. The molecule has 3 atom stereocenters. The van der Waals surface area contributed by atoms with E-state index < -0.39 is 0 Å². The number of hydrogen-bond donors (Lipinski definition) is 2. The molecular weight excluding hydrogens is 415 g/mol. The average molecular weight is 446 g/mol. The standard InChI is InChI=1S/C18H30N4O.HI/c1-12(2)17-10-16(23-22-17)11-21-18(19-3)20-7-6-15-9-13-4-5-14(15)8-13;/h10,12-15H,4-9,11H2,1-3H3,(H2,19,20,21);1H. The molecular formula is C18H31IN4O. The van der Waals surface area contributed by atoms with Crippen molar-refractivity contribution in [1.29, 1.82) is 0 Å². The Bertz CT molecular complexity index is 543. The molecule has 5 nitrogen and oxygen atoms in total. The van der Waals surface area contributed by atoms with Crippen LogP contribution in [0.3, 0.4) is 0 Å². The van der Waals surface area contributed by atoms with E-state index in [1.54, 1.807) is 0 Å². The van der Waals surface area contributed by atoms with E-state index in [0.29, 0.717) is 12.5 Å². The van der Waals surface area contributed by atoms with E-state index in [0.717, 1.165) is 41.7 Å². The minimum Gasteiger partial charge on any atom is -0.359 e. The normalized spacial score (nSPS) is 25.8. The molecule has 2 aliphatic rings. The SMILES string of the molecule is CN=C(NCCC1CC2CCC1C2)NCc1cc(C(C)C)no1.I. The number of halogens is 1. The maximum absolute atomic E-state index is 5.34. The van der Waals surface area contributed by atoms with Crippen LogP contribution in [-0.4, -0.2) is 24.7 Å². The summed E-state index contributed by atoms with van der Waals surface area (Å²) in [6, 6.07) is 2.01. The lowest BCUT2D eigenvalue weighted by Gasteiger charge is -2.22. The Morgan fingerprint density at radius 1 is 1.33 bits per heavy atom. The molecule has 1 aromatic heterocycles. The van der Waals surface area contributed by atoms with Gasteiger partial charge >= 0.3 is 0 Å². The molecule has 0 spiro atoms. The van der Waals surface area contributed by atoms with Crippen molar-refractivity contribution >= 4 is 29.9 Å². The Hall–Kier alpha value is -0.790. The van der Waals surface area contributed by atoms with Crippen LogP contribution in [0, 0.1) is 17.8 Å². The van der Waals surface area contributed by atoms with Crippen molar-refractivity contribution in [3.05, 3.63) is 17.5 Å². The fourth-order valence-electron chi connectivity index (χ4n) is 4.18. The van der Waals surface area contributed by atoms with Gasteiger partial charge in [0.15, 0.2) is 11.7 Å². The molecule has 24 heavy (non-hydrogen) atoms. The summed E-state index contributed by atoms with van der Waals surface area (Å²) in [7, 11) is 1.81. The maximum atomic E-state index is 5.34. The summed E-state index contributed by atoms with van der Waals surface area (Å²) >= 11 is 0. The maximum Gasteiger partial charge on any atom is 0.191 e. The van der Waals surface area contributed by atoms with Crippen molar-refractivity contribution in [2.75, 3.05) is 13.6 Å². The van der Waals surface area contributed by atoms with Gasteiger partial charge in [0.25, 0.3) is 0 Å². The lowest BCUT2D eigenvalue weighted by molar-refractivity contribution is 0.315. The first-order valence-electron chi connectivity index (χ1n) is 9.05. The minimum absolute atomic E-state index is 0. The third kappa shape index (κ3) is 4.86. The quantitative estimate of drug-likeness (QED) is 0.395. The van der Waals surface area contributed by atoms with Crippen LogP contribution < -0.4 is 10.6 Å². The van der Waals surface area contributed by atoms with Gasteiger partial charge in [0.1, 0.15) is 0 Å². The smallest absolute Gasteiger partial charge is 0.191 e. The molecule has 2 N–H and O–H groups in total. The summed E-state index contributed by atoms with van der Waals surface area (Å²) in [5.74, 6) is 5.05. The molecule has 0 amide bonds. The summed E-state index contributed by atoms with van der Waals surface area (Å²) in [6.07, 6.45) is 7.15. The van der Waals surface area contributed by atoms with E-state index in [2.05, 4.69) is 34.6 Å². The first-order chi connectivity index (χ1) is 11.2. The Labute approximate surface area is 162 Å². The summed E-state index contributed by atoms with van der Waals surface area (Å²) < 4.78 is 5.34. The third-order valence-corrected chi connectivity index (χ3v) is 5.51. The number of aromatic nitrogens is 1. The molecule has 1 heterocycles. The number of aliphatic imine (C=N–C) groups is 1. The molecule has 3 rings (SSSR count). The van der Waals surface area contributed by atoms with Gasteiger partial charge in [-0.05, 0) is 49.4 Å². The van der Waals surface area contributed by atoms with Gasteiger partial charge in [-0.1, -0.05) is 25.4 Å². The van der Waals surface area contributed by atoms with Crippen LogP contribution in [0.2, 0.25) is 0 Å². The molecule has 2 saturated carbocycles. The second-order valence-corrected chi connectivity index (χ2v) is 7.45. The van der Waals surface area contributed by atoms with E-state index >= 15 is 0 Å². The van der Waals surface area contributed by atoms with Crippen LogP contribution in [0.25, 0.3) is 0 Å². The first kappa shape index (κ1) is 19.5. The van der Waals surface area contributed by atoms with E-state index in [4.69, 9.17) is 4.52 Å². The third-order valence-electron chi connectivity index (χ3n) is 5.51. The van der Waals surface area contributed by atoms with Crippen molar-refractivity contribution in [1.82, 2.24) is 15.8 Å². The lowest BCUT2D eigenvalue weighted by Crippen LogP contribution is -2.38. The van der Waals surface area contributed by atoms with E-state index in [1.165, 1.54) is 32.1 Å². The summed E-state index contributed by atoms with van der Waals surface area (Å²) in [6.45, 7) is 5.85. The van der Waals surface area contributed by atoms with Gasteiger partial charge in [0, 0.05) is 19.7 Å². The van der Waals surface area contributed by atoms with Crippen LogP contribution in [0.15, 0.2) is 15.6 Å². The number of guanidine groups is 1. The van der Waals surface area contributed by atoms with Gasteiger partial charge in [-0.2, -0.15) is 0 Å². The highest BCUT2D eigenvalue weighted by Crippen LogP contribution is 2.49. The highest BCUT2D eigenvalue weighted by molar-refractivity contribution is 14.0. The molecule has 3 unspecified atom stereocenters. The molecule has 2 fully saturated rings. The average Bonchev–Trinajstić information content (AvgIpc) is 3.26. The molecule has 0 aromatic carbocycles. The van der Waals surface area contributed by atoms with Crippen molar-refractivity contribution in [3.8, 4) is 0 Å². The van der Waals surface area contributed by atoms with E-state index in [1.807, 2.05) is 13.1 Å². The molecule has 2 bridgehead atoms. The molecule has 1 aromatic rings. The highest BCUT2D eigenvalue weighted by Gasteiger charge is 2.38. The topological polar surface area (TPSA) is 62.5 Å². The predicted octanol–water partition coefficient (Wildman–Crippen LogP) is 3.91. The lowest BCUT2D eigenvalue weighted by atomic mass is 9.86. The van der Waals surface area contributed by atoms with Gasteiger partial charge in [-0.15, -0.1) is 24.0 Å². The van der Waals surface area contributed by atoms with E-state index in [9.17, 15) is 0 Å². The predicted molar refractivity (Wildman–Crippen MR) is 108 cm³/mol. The van der Waals surface area contributed by atoms with Crippen molar-refractivity contribution in [3.63, 3.8) is 0 Å². The summed E-state index contributed by atoms with van der Waals surface area (Å²) in [5, 5.41) is 10.8. The van der Waals surface area contributed by atoms with Crippen molar-refractivity contribution in [2.45, 2.75) is 58.4 Å². The van der Waals surface area contributed by atoms with Crippen LogP contribution in [0.4, 0.5) is 0 Å². The van der Waals surface area contributed by atoms with Gasteiger partial charge < -0.3 is 15.2 Å². The number of nitrogens with one attached hydrogen (secondary N) is 2. The van der Waals surface area contributed by atoms with Crippen LogP contribution in [0.5, 0.6) is 0 Å². The molecule has 0 aliphatic heterocycles. The summed E-state index contributed by atoms with van der Waals surface area (Å²) in [5.41, 5.74) is 1.00. The zero-order valence-corrected chi connectivity index (χ0v) is 17.4. The zero-order chi connectivity index (χ0) is 16.2. The van der Waals surface area contributed by atoms with Gasteiger partial charge in [0.2, 0.25) is 0 Å². The molecule has 0 radical (unpaired) electrons. The van der Waals surface area contributed by atoms with Gasteiger partial charge in [-0.3, -0.25) is 4.99 Å². The van der Waals surface area contributed by atoms with Crippen LogP contribution in [-0.2, 0) is 6.54 Å². The van der Waals surface area contributed by atoms with Crippen molar-refractivity contribution < 1.29 is 4.52 Å². The highest BCUT2D eigenvalue weighted by atomic mass is 127. The van der Waals surface area contributed by atoms with Gasteiger partial charge in [-0.25, -0.2) is 0 Å². The van der Waals surface area contributed by atoms with Crippen LogP contribution in [0.1, 0.15) is 63.3 Å². The fourth-order valence-corrected chi connectivity index (χ4v) is 4.18. The number of rotatable bonds is 6. The largest absolute Gasteiger partial charge is 0.359 e. The fraction of sp³-hybridized carbons (Fsp3) is 0.778. The number of fused-ring (bicyclic) bond motifs is 2. The second kappa shape index (κ2) is 9.06. The number of nitrogens with zero attached hydrogens (tertiary/aromatic N) is 2. The van der Waals surface area contributed by atoms with Crippen molar-refractivity contribution in [2.24, 2.45) is 22.7 Å². The Kier molecular flexibility index (Phi) is 7.37.